The summed E-state index contributed by atoms with van der Waals surface area (Å²) in [6, 6.07) is 7.97. The summed E-state index contributed by atoms with van der Waals surface area (Å²) >= 11 is 6.68. The van der Waals surface area contributed by atoms with E-state index in [1.54, 1.807) is 0 Å². The van der Waals surface area contributed by atoms with Crippen LogP contribution in [0.25, 0.3) is 0 Å². The van der Waals surface area contributed by atoms with Gasteiger partial charge < -0.3 is 5.32 Å². The first-order valence-corrected chi connectivity index (χ1v) is 6.53. The van der Waals surface area contributed by atoms with E-state index in [0.29, 0.717) is 11.3 Å². The van der Waals surface area contributed by atoms with Gasteiger partial charge in [-0.15, -0.1) is 0 Å². The Bertz CT molecular complexity index is 567. The van der Waals surface area contributed by atoms with Crippen LogP contribution in [0.5, 0.6) is 0 Å². The summed E-state index contributed by atoms with van der Waals surface area (Å²) in [7, 11) is 0. The number of anilines is 1. The lowest BCUT2D eigenvalue weighted by molar-refractivity contribution is 0.102. The van der Waals surface area contributed by atoms with E-state index in [4.69, 9.17) is 0 Å². The molecular weight excluding hydrogens is 367 g/mol. The molecule has 0 unspecified atom stereocenters. The Balaban J connectivity index is 2.24. The number of hydrogen-bond donors (Lipinski definition) is 1. The highest BCUT2D eigenvalue weighted by molar-refractivity contribution is 9.11. The van der Waals surface area contributed by atoms with E-state index in [0.717, 1.165) is 15.0 Å². The van der Waals surface area contributed by atoms with Gasteiger partial charge in [-0.2, -0.15) is 4.39 Å². The molecule has 2 rings (SSSR count). The van der Waals surface area contributed by atoms with E-state index in [1.165, 1.54) is 12.3 Å². The minimum absolute atomic E-state index is 0.291. The zero-order chi connectivity index (χ0) is 13.1. The Morgan fingerprint density at radius 3 is 2.39 bits per heavy atom. The van der Waals surface area contributed by atoms with Crippen LogP contribution in [0.1, 0.15) is 10.4 Å². The molecule has 0 bridgehead atoms. The first kappa shape index (κ1) is 13.2. The van der Waals surface area contributed by atoms with Crippen LogP contribution in [-0.2, 0) is 0 Å². The van der Waals surface area contributed by atoms with Gasteiger partial charge in [-0.1, -0.05) is 6.07 Å². The van der Waals surface area contributed by atoms with Crippen molar-refractivity contribution in [2.24, 2.45) is 0 Å². The Labute approximate surface area is 120 Å². The molecule has 1 heterocycles. The van der Waals surface area contributed by atoms with Crippen molar-refractivity contribution in [3.8, 4) is 0 Å². The number of carbonyl (C=O) groups excluding carboxylic acids is 1. The second-order valence-electron chi connectivity index (χ2n) is 3.42. The third-order valence-electron chi connectivity index (χ3n) is 2.19. The molecule has 0 fully saturated rings. The van der Waals surface area contributed by atoms with Gasteiger partial charge in [0.25, 0.3) is 5.91 Å². The summed E-state index contributed by atoms with van der Waals surface area (Å²) in [6.07, 6.45) is 1.19. The van der Waals surface area contributed by atoms with Crippen molar-refractivity contribution in [2.45, 2.75) is 0 Å². The molecule has 0 aliphatic rings. The molecule has 1 N–H and O–H groups in total. The van der Waals surface area contributed by atoms with Crippen LogP contribution in [0.3, 0.4) is 0 Å². The molecule has 2 aromatic rings. The van der Waals surface area contributed by atoms with Crippen molar-refractivity contribution in [1.29, 1.82) is 0 Å². The Kier molecular flexibility index (Phi) is 4.08. The quantitative estimate of drug-likeness (QED) is 0.808. The highest BCUT2D eigenvalue weighted by Crippen LogP contribution is 2.30. The van der Waals surface area contributed by atoms with Gasteiger partial charge in [0.2, 0.25) is 5.95 Å². The molecule has 6 heteroatoms. The fraction of sp³-hybridized carbons (Fsp3) is 0. The number of carbonyl (C=O) groups is 1. The van der Waals surface area contributed by atoms with E-state index < -0.39 is 5.95 Å². The summed E-state index contributed by atoms with van der Waals surface area (Å²) in [5.41, 5.74) is 0.908. The lowest BCUT2D eigenvalue weighted by Crippen LogP contribution is -2.13. The minimum Gasteiger partial charge on any atom is -0.320 e. The maximum atomic E-state index is 12.6. The number of pyridine rings is 1. The van der Waals surface area contributed by atoms with E-state index >= 15 is 0 Å². The molecule has 1 aromatic carbocycles. The minimum atomic E-state index is -0.617. The molecule has 18 heavy (non-hydrogen) atoms. The number of rotatable bonds is 2. The molecular formula is C12H7Br2FN2O. The second-order valence-corrected chi connectivity index (χ2v) is 5.13. The number of para-hydroxylation sites is 1. The molecule has 1 amide bonds. The van der Waals surface area contributed by atoms with Gasteiger partial charge in [0, 0.05) is 15.1 Å². The fourth-order valence-corrected chi connectivity index (χ4v) is 2.51. The van der Waals surface area contributed by atoms with Gasteiger partial charge in [0.05, 0.1) is 11.3 Å². The highest BCUT2D eigenvalue weighted by atomic mass is 79.9. The third kappa shape index (κ3) is 2.94. The van der Waals surface area contributed by atoms with Gasteiger partial charge >= 0.3 is 0 Å². The molecule has 0 aliphatic carbocycles. The van der Waals surface area contributed by atoms with Gasteiger partial charge in [-0.05, 0) is 56.1 Å². The van der Waals surface area contributed by atoms with E-state index in [-0.39, 0.29) is 5.91 Å². The number of nitrogens with zero attached hydrogens (tertiary/aromatic N) is 1. The monoisotopic (exact) mass is 372 g/mol. The Morgan fingerprint density at radius 1 is 1.17 bits per heavy atom. The normalized spacial score (nSPS) is 10.2. The number of aromatic nitrogens is 1. The zero-order valence-electron chi connectivity index (χ0n) is 8.95. The van der Waals surface area contributed by atoms with Crippen LogP contribution < -0.4 is 5.32 Å². The standard InChI is InChI=1S/C12H7Br2FN2O/c13-8-2-1-3-9(14)11(8)17-12(18)7-4-5-10(15)16-6-7/h1-6H,(H,17,18). The van der Waals surface area contributed by atoms with Crippen molar-refractivity contribution in [3.63, 3.8) is 0 Å². The van der Waals surface area contributed by atoms with Crippen LogP contribution in [-0.4, -0.2) is 10.9 Å². The van der Waals surface area contributed by atoms with Crippen LogP contribution in [0, 0.1) is 5.95 Å². The van der Waals surface area contributed by atoms with Gasteiger partial charge in [-0.3, -0.25) is 4.79 Å². The molecule has 0 saturated heterocycles. The SMILES string of the molecule is O=C(Nc1c(Br)cccc1Br)c1ccc(F)nc1. The van der Waals surface area contributed by atoms with Crippen molar-refractivity contribution in [3.05, 3.63) is 57.0 Å². The Hall–Kier alpha value is -1.27. The fourth-order valence-electron chi connectivity index (χ4n) is 1.31. The third-order valence-corrected chi connectivity index (χ3v) is 3.51. The average Bonchev–Trinajstić information content (AvgIpc) is 2.34. The van der Waals surface area contributed by atoms with Gasteiger partial charge in [0.1, 0.15) is 0 Å². The molecule has 92 valence electrons. The predicted molar refractivity (Wildman–Crippen MR) is 74.0 cm³/mol. The van der Waals surface area contributed by atoms with Gasteiger partial charge in [0.15, 0.2) is 0 Å². The van der Waals surface area contributed by atoms with E-state index in [1.807, 2.05) is 18.2 Å². The maximum absolute atomic E-state index is 12.6. The molecule has 0 saturated carbocycles. The van der Waals surface area contributed by atoms with E-state index in [9.17, 15) is 9.18 Å². The van der Waals surface area contributed by atoms with Crippen LogP contribution in [0.4, 0.5) is 10.1 Å². The van der Waals surface area contributed by atoms with Crippen molar-refractivity contribution >= 4 is 43.5 Å². The molecule has 0 atom stereocenters. The first-order valence-electron chi connectivity index (χ1n) is 4.95. The van der Waals surface area contributed by atoms with Crippen molar-refractivity contribution < 1.29 is 9.18 Å². The van der Waals surface area contributed by atoms with Crippen LogP contribution >= 0.6 is 31.9 Å². The molecule has 0 spiro atoms. The summed E-state index contributed by atoms with van der Waals surface area (Å²) < 4.78 is 14.1. The van der Waals surface area contributed by atoms with E-state index in [2.05, 4.69) is 42.2 Å². The smallest absolute Gasteiger partial charge is 0.257 e. The van der Waals surface area contributed by atoms with Gasteiger partial charge in [-0.25, -0.2) is 4.98 Å². The largest absolute Gasteiger partial charge is 0.320 e. The summed E-state index contributed by atoms with van der Waals surface area (Å²) in [6.45, 7) is 0. The zero-order valence-corrected chi connectivity index (χ0v) is 12.1. The topological polar surface area (TPSA) is 42.0 Å². The number of nitrogens with one attached hydrogen (secondary N) is 1. The number of halogens is 3. The first-order chi connectivity index (χ1) is 8.58. The lowest BCUT2D eigenvalue weighted by Gasteiger charge is -2.09. The Morgan fingerprint density at radius 2 is 1.83 bits per heavy atom. The molecule has 0 aliphatic heterocycles. The average molecular weight is 374 g/mol. The summed E-state index contributed by atoms with van der Waals surface area (Å²) in [5, 5.41) is 2.72. The summed E-state index contributed by atoms with van der Waals surface area (Å²) in [4.78, 5) is 15.4. The van der Waals surface area contributed by atoms with Crippen molar-refractivity contribution in [1.82, 2.24) is 4.98 Å². The van der Waals surface area contributed by atoms with Crippen LogP contribution in [0.15, 0.2) is 45.5 Å². The number of hydrogen-bond acceptors (Lipinski definition) is 2. The van der Waals surface area contributed by atoms with Crippen molar-refractivity contribution in [2.75, 3.05) is 5.32 Å². The summed E-state index contributed by atoms with van der Waals surface area (Å²) in [5.74, 6) is -0.969. The molecule has 0 radical (unpaired) electrons. The number of amides is 1. The number of benzene rings is 1. The van der Waals surface area contributed by atoms with Crippen LogP contribution in [0.2, 0.25) is 0 Å². The lowest BCUT2D eigenvalue weighted by atomic mass is 10.2. The molecule has 3 nitrogen and oxygen atoms in total. The maximum Gasteiger partial charge on any atom is 0.257 e. The highest BCUT2D eigenvalue weighted by Gasteiger charge is 2.11. The molecule has 1 aromatic heterocycles. The second kappa shape index (κ2) is 5.58. The predicted octanol–water partition coefficient (Wildman–Crippen LogP) is 4.00.